The number of carbonyl (C=O) groups excluding carboxylic acids is 3. The first-order valence-electron chi connectivity index (χ1n) is 6.91. The summed E-state index contributed by atoms with van der Waals surface area (Å²) in [6, 6.07) is 5.30. The molecule has 0 spiro atoms. The maximum atomic E-state index is 11.9. The highest BCUT2D eigenvalue weighted by atomic mass is 35.5. The molecule has 1 unspecified atom stereocenters. The monoisotopic (exact) mass is 342 g/mol. The van der Waals surface area contributed by atoms with Crippen molar-refractivity contribution in [1.29, 1.82) is 0 Å². The summed E-state index contributed by atoms with van der Waals surface area (Å²) in [6.07, 6.45) is 1.26. The molecular weight excluding hydrogens is 327 g/mol. The van der Waals surface area contributed by atoms with Gasteiger partial charge in [0.05, 0.1) is 0 Å². The fraction of sp³-hybridized carbons (Fsp3) is 0.400. The third kappa shape index (κ3) is 3.59. The minimum Gasteiger partial charge on any atom is -0.355 e. The normalized spacial score (nSPS) is 18.0. The molecule has 1 aromatic carbocycles. The zero-order chi connectivity index (χ0) is 16.3. The molecule has 118 valence electrons. The van der Waals surface area contributed by atoms with E-state index in [9.17, 15) is 14.4 Å². The van der Waals surface area contributed by atoms with Crippen LogP contribution in [0.3, 0.4) is 0 Å². The predicted molar refractivity (Wildman–Crippen MR) is 83.9 cm³/mol. The average molecular weight is 343 g/mol. The van der Waals surface area contributed by atoms with Crippen molar-refractivity contribution in [2.45, 2.75) is 12.8 Å². The van der Waals surface area contributed by atoms with Crippen molar-refractivity contribution in [3.8, 4) is 0 Å². The molecule has 1 saturated heterocycles. The molecule has 1 aliphatic rings. The first-order chi connectivity index (χ1) is 10.4. The van der Waals surface area contributed by atoms with Crippen LogP contribution in [0.5, 0.6) is 0 Å². The second-order valence-electron chi connectivity index (χ2n) is 5.20. The molecule has 0 saturated carbocycles. The third-order valence-electron chi connectivity index (χ3n) is 3.61. The van der Waals surface area contributed by atoms with E-state index in [1.165, 1.54) is 11.9 Å². The molecule has 2 amide bonds. The van der Waals surface area contributed by atoms with Crippen LogP contribution >= 0.6 is 23.2 Å². The average Bonchev–Trinajstić information content (AvgIpc) is 2.73. The van der Waals surface area contributed by atoms with Crippen LogP contribution in [0.4, 0.5) is 0 Å². The number of Topliss-reactive ketones (excluding diaryl/α,β-unsaturated/α-hetero) is 1. The summed E-state index contributed by atoms with van der Waals surface area (Å²) in [5.41, 5.74) is 0.840. The Labute approximate surface area is 138 Å². The van der Waals surface area contributed by atoms with E-state index in [1.54, 1.807) is 18.2 Å². The van der Waals surface area contributed by atoms with Gasteiger partial charge in [-0.15, -0.1) is 0 Å². The lowest BCUT2D eigenvalue weighted by Gasteiger charge is -2.10. The van der Waals surface area contributed by atoms with E-state index in [-0.39, 0.29) is 6.54 Å². The van der Waals surface area contributed by atoms with Crippen LogP contribution in [-0.2, 0) is 20.8 Å². The Hall–Kier alpha value is -1.59. The molecule has 1 heterocycles. The number of likely N-dealkylation sites (N-methyl/N-ethyl adjacent to an activating group) is 1. The van der Waals surface area contributed by atoms with Crippen molar-refractivity contribution in [3.63, 3.8) is 0 Å². The molecule has 5 nitrogen and oxygen atoms in total. The van der Waals surface area contributed by atoms with Crippen LogP contribution in [0.15, 0.2) is 18.2 Å². The number of benzene rings is 1. The van der Waals surface area contributed by atoms with Gasteiger partial charge in [-0.05, 0) is 30.5 Å². The SMILES string of the molecule is CN1CC(C(=O)NCCCc2c(Cl)cccc2Cl)C(=O)C1=O. The first kappa shape index (κ1) is 16.8. The summed E-state index contributed by atoms with van der Waals surface area (Å²) in [5.74, 6) is -2.56. The van der Waals surface area contributed by atoms with E-state index >= 15 is 0 Å². The lowest BCUT2D eigenvalue weighted by atomic mass is 10.1. The van der Waals surface area contributed by atoms with Gasteiger partial charge in [-0.3, -0.25) is 14.4 Å². The van der Waals surface area contributed by atoms with Gasteiger partial charge in [-0.2, -0.15) is 0 Å². The number of ketones is 1. The van der Waals surface area contributed by atoms with E-state index in [4.69, 9.17) is 23.2 Å². The number of rotatable bonds is 5. The number of hydrogen-bond donors (Lipinski definition) is 1. The summed E-state index contributed by atoms with van der Waals surface area (Å²) < 4.78 is 0. The van der Waals surface area contributed by atoms with Gasteiger partial charge < -0.3 is 10.2 Å². The molecule has 0 bridgehead atoms. The van der Waals surface area contributed by atoms with Crippen LogP contribution in [0.2, 0.25) is 10.0 Å². The molecule has 0 aromatic heterocycles. The molecule has 1 atom stereocenters. The summed E-state index contributed by atoms with van der Waals surface area (Å²) >= 11 is 12.1. The van der Waals surface area contributed by atoms with Crippen molar-refractivity contribution >= 4 is 40.8 Å². The number of nitrogens with zero attached hydrogens (tertiary/aromatic N) is 1. The molecule has 1 N–H and O–H groups in total. The van der Waals surface area contributed by atoms with Crippen molar-refractivity contribution < 1.29 is 14.4 Å². The molecule has 2 rings (SSSR count). The summed E-state index contributed by atoms with van der Waals surface area (Å²) in [4.78, 5) is 36.2. The van der Waals surface area contributed by atoms with Gasteiger partial charge in [0.1, 0.15) is 5.92 Å². The zero-order valence-electron chi connectivity index (χ0n) is 12.1. The Morgan fingerprint density at radius 2 is 1.95 bits per heavy atom. The number of carbonyl (C=O) groups is 3. The summed E-state index contributed by atoms with van der Waals surface area (Å²) in [6.45, 7) is 0.530. The summed E-state index contributed by atoms with van der Waals surface area (Å²) in [5, 5.41) is 3.87. The second kappa shape index (κ2) is 7.11. The van der Waals surface area contributed by atoms with Crippen LogP contribution in [0.25, 0.3) is 0 Å². The molecule has 22 heavy (non-hydrogen) atoms. The van der Waals surface area contributed by atoms with Gasteiger partial charge in [0.2, 0.25) is 11.7 Å². The van der Waals surface area contributed by atoms with E-state index in [0.717, 1.165) is 5.56 Å². The fourth-order valence-corrected chi connectivity index (χ4v) is 2.94. The quantitative estimate of drug-likeness (QED) is 0.503. The Balaban J connectivity index is 1.81. The van der Waals surface area contributed by atoms with Crippen LogP contribution in [0, 0.1) is 5.92 Å². The minimum atomic E-state index is -0.901. The van der Waals surface area contributed by atoms with Crippen molar-refractivity contribution in [2.24, 2.45) is 5.92 Å². The first-order valence-corrected chi connectivity index (χ1v) is 7.67. The minimum absolute atomic E-state index is 0.139. The zero-order valence-corrected chi connectivity index (χ0v) is 13.6. The highest BCUT2D eigenvalue weighted by molar-refractivity contribution is 6.42. The van der Waals surface area contributed by atoms with Gasteiger partial charge in [0.15, 0.2) is 0 Å². The van der Waals surface area contributed by atoms with E-state index in [1.807, 2.05) is 0 Å². The molecular formula is C15H16Cl2N2O3. The predicted octanol–water partition coefficient (Wildman–Crippen LogP) is 1.70. The van der Waals surface area contributed by atoms with Gasteiger partial charge in [-0.25, -0.2) is 0 Å². The van der Waals surface area contributed by atoms with Crippen LogP contribution in [-0.4, -0.2) is 42.6 Å². The standard InChI is InChI=1S/C15H16Cl2N2O3/c1-19-8-10(13(20)15(19)22)14(21)18-7-3-4-9-11(16)5-2-6-12(9)17/h2,5-6,10H,3-4,7-8H2,1H3,(H,18,21). The number of amides is 2. The fourth-order valence-electron chi connectivity index (χ4n) is 2.35. The second-order valence-corrected chi connectivity index (χ2v) is 6.01. The molecule has 1 aliphatic heterocycles. The lowest BCUT2D eigenvalue weighted by molar-refractivity contribution is -0.142. The number of nitrogens with one attached hydrogen (secondary N) is 1. The van der Waals surface area contributed by atoms with Gasteiger partial charge in [0.25, 0.3) is 5.91 Å². The Morgan fingerprint density at radius 3 is 2.50 bits per heavy atom. The maximum Gasteiger partial charge on any atom is 0.290 e. The highest BCUT2D eigenvalue weighted by Gasteiger charge is 2.41. The molecule has 7 heteroatoms. The van der Waals surface area contributed by atoms with Crippen molar-refractivity contribution in [3.05, 3.63) is 33.8 Å². The number of likely N-dealkylation sites (tertiary alicyclic amines) is 1. The van der Waals surface area contributed by atoms with Crippen molar-refractivity contribution in [1.82, 2.24) is 10.2 Å². The Kier molecular flexibility index (Phi) is 5.42. The third-order valence-corrected chi connectivity index (χ3v) is 4.32. The molecule has 1 fully saturated rings. The van der Waals surface area contributed by atoms with E-state index in [0.29, 0.717) is 29.4 Å². The number of hydrogen-bond acceptors (Lipinski definition) is 3. The van der Waals surface area contributed by atoms with E-state index in [2.05, 4.69) is 5.32 Å². The Bertz CT molecular complexity index is 599. The van der Waals surface area contributed by atoms with E-state index < -0.39 is 23.5 Å². The van der Waals surface area contributed by atoms with Gasteiger partial charge >= 0.3 is 0 Å². The van der Waals surface area contributed by atoms with Crippen LogP contribution in [0.1, 0.15) is 12.0 Å². The molecule has 0 radical (unpaired) electrons. The van der Waals surface area contributed by atoms with Crippen LogP contribution < -0.4 is 5.32 Å². The number of halogens is 2. The highest BCUT2D eigenvalue weighted by Crippen LogP contribution is 2.25. The smallest absolute Gasteiger partial charge is 0.290 e. The largest absolute Gasteiger partial charge is 0.355 e. The van der Waals surface area contributed by atoms with Crippen molar-refractivity contribution in [2.75, 3.05) is 20.1 Å². The molecule has 1 aromatic rings. The Morgan fingerprint density at radius 1 is 1.32 bits per heavy atom. The van der Waals surface area contributed by atoms with Gasteiger partial charge in [-0.1, -0.05) is 29.3 Å². The lowest BCUT2D eigenvalue weighted by Crippen LogP contribution is -2.36. The van der Waals surface area contributed by atoms with Gasteiger partial charge in [0, 0.05) is 30.2 Å². The summed E-state index contributed by atoms with van der Waals surface area (Å²) in [7, 11) is 1.51. The molecule has 0 aliphatic carbocycles. The topological polar surface area (TPSA) is 66.5 Å². The maximum absolute atomic E-state index is 11.9.